The molecule has 1 heterocycles. The first-order valence-corrected chi connectivity index (χ1v) is 6.57. The Labute approximate surface area is 108 Å². The fourth-order valence-corrected chi connectivity index (χ4v) is 2.20. The van der Waals surface area contributed by atoms with Gasteiger partial charge in [0.2, 0.25) is 11.8 Å². The minimum absolute atomic E-state index is 0.335. The minimum atomic E-state index is 0.335. The zero-order chi connectivity index (χ0) is 13.1. The molecule has 1 saturated carbocycles. The number of hydrogen-bond acceptors (Lipinski definition) is 5. The maximum Gasteiger partial charge on any atom is 0.228 e. The molecule has 0 aliphatic heterocycles. The first kappa shape index (κ1) is 13.1. The Morgan fingerprint density at radius 1 is 1.50 bits per heavy atom. The SMILES string of the molecule is CCOc1cc(C)nc(N(C)C(CN)C2CC2)n1. The summed E-state index contributed by atoms with van der Waals surface area (Å²) in [6, 6.07) is 2.19. The molecule has 100 valence electrons. The number of hydrogen-bond donors (Lipinski definition) is 1. The Kier molecular flexibility index (Phi) is 4.01. The van der Waals surface area contributed by atoms with Crippen LogP contribution in [0, 0.1) is 12.8 Å². The van der Waals surface area contributed by atoms with E-state index in [4.69, 9.17) is 10.5 Å². The van der Waals surface area contributed by atoms with Crippen LogP contribution in [-0.2, 0) is 0 Å². The smallest absolute Gasteiger partial charge is 0.228 e. The van der Waals surface area contributed by atoms with Crippen LogP contribution in [0.3, 0.4) is 0 Å². The van der Waals surface area contributed by atoms with Gasteiger partial charge in [0.15, 0.2) is 0 Å². The third kappa shape index (κ3) is 2.90. The molecule has 1 atom stereocenters. The van der Waals surface area contributed by atoms with E-state index >= 15 is 0 Å². The van der Waals surface area contributed by atoms with Crippen LogP contribution in [0.1, 0.15) is 25.5 Å². The molecule has 0 saturated heterocycles. The highest BCUT2D eigenvalue weighted by atomic mass is 16.5. The number of nitrogens with zero attached hydrogens (tertiary/aromatic N) is 3. The summed E-state index contributed by atoms with van der Waals surface area (Å²) >= 11 is 0. The van der Waals surface area contributed by atoms with Crippen LogP contribution < -0.4 is 15.4 Å². The molecule has 5 heteroatoms. The van der Waals surface area contributed by atoms with Crippen LogP contribution >= 0.6 is 0 Å². The summed E-state index contributed by atoms with van der Waals surface area (Å²) in [5, 5.41) is 0. The van der Waals surface area contributed by atoms with Crippen molar-refractivity contribution in [1.29, 1.82) is 0 Å². The van der Waals surface area contributed by atoms with Gasteiger partial charge in [-0.2, -0.15) is 4.98 Å². The topological polar surface area (TPSA) is 64.3 Å². The maximum absolute atomic E-state index is 5.86. The lowest BCUT2D eigenvalue weighted by Crippen LogP contribution is -2.40. The molecule has 0 radical (unpaired) electrons. The van der Waals surface area contributed by atoms with Crippen molar-refractivity contribution < 1.29 is 4.74 Å². The average molecular weight is 250 g/mol. The van der Waals surface area contributed by atoms with E-state index < -0.39 is 0 Å². The van der Waals surface area contributed by atoms with Crippen molar-refractivity contribution in [2.24, 2.45) is 11.7 Å². The van der Waals surface area contributed by atoms with Crippen LogP contribution in [0.15, 0.2) is 6.07 Å². The monoisotopic (exact) mass is 250 g/mol. The molecule has 1 aliphatic carbocycles. The van der Waals surface area contributed by atoms with Gasteiger partial charge in [0.05, 0.1) is 6.61 Å². The zero-order valence-corrected chi connectivity index (χ0v) is 11.4. The van der Waals surface area contributed by atoms with Gasteiger partial charge in [-0.05, 0) is 32.6 Å². The second-order valence-corrected chi connectivity index (χ2v) is 4.83. The molecule has 1 aromatic rings. The lowest BCUT2D eigenvalue weighted by molar-refractivity contribution is 0.325. The van der Waals surface area contributed by atoms with E-state index in [1.165, 1.54) is 12.8 Å². The number of anilines is 1. The summed E-state index contributed by atoms with van der Waals surface area (Å²) < 4.78 is 5.46. The largest absolute Gasteiger partial charge is 0.478 e. The molecule has 1 aromatic heterocycles. The van der Waals surface area contributed by atoms with Gasteiger partial charge in [-0.25, -0.2) is 4.98 Å². The molecule has 18 heavy (non-hydrogen) atoms. The number of nitrogens with two attached hydrogens (primary N) is 1. The van der Waals surface area contributed by atoms with Gasteiger partial charge in [0.25, 0.3) is 0 Å². The highest BCUT2D eigenvalue weighted by Crippen LogP contribution is 2.35. The van der Waals surface area contributed by atoms with Gasteiger partial charge in [0.1, 0.15) is 0 Å². The summed E-state index contributed by atoms with van der Waals surface area (Å²) in [5.41, 5.74) is 6.78. The number of ether oxygens (including phenoxy) is 1. The first-order valence-electron chi connectivity index (χ1n) is 6.57. The van der Waals surface area contributed by atoms with Crippen molar-refractivity contribution in [2.75, 3.05) is 25.1 Å². The molecule has 5 nitrogen and oxygen atoms in total. The van der Waals surface area contributed by atoms with Gasteiger partial charge < -0.3 is 15.4 Å². The van der Waals surface area contributed by atoms with E-state index in [-0.39, 0.29) is 0 Å². The number of likely N-dealkylation sites (N-methyl/N-ethyl adjacent to an activating group) is 1. The van der Waals surface area contributed by atoms with Crippen molar-refractivity contribution in [2.45, 2.75) is 32.7 Å². The third-order valence-electron chi connectivity index (χ3n) is 3.33. The molecule has 0 aromatic carbocycles. The Balaban J connectivity index is 2.19. The Morgan fingerprint density at radius 3 is 2.78 bits per heavy atom. The van der Waals surface area contributed by atoms with Crippen LogP contribution in [0.4, 0.5) is 5.95 Å². The maximum atomic E-state index is 5.86. The summed E-state index contributed by atoms with van der Waals surface area (Å²) in [6.45, 7) is 5.16. The van der Waals surface area contributed by atoms with Gasteiger partial charge >= 0.3 is 0 Å². The average Bonchev–Trinajstić information content (AvgIpc) is 3.14. The Hall–Kier alpha value is -1.36. The van der Waals surface area contributed by atoms with Crippen molar-refractivity contribution in [3.05, 3.63) is 11.8 Å². The molecule has 0 amide bonds. The lowest BCUT2D eigenvalue weighted by Gasteiger charge is -2.27. The van der Waals surface area contributed by atoms with Gasteiger partial charge in [-0.1, -0.05) is 0 Å². The van der Waals surface area contributed by atoms with Crippen molar-refractivity contribution in [3.8, 4) is 5.88 Å². The fraction of sp³-hybridized carbons (Fsp3) is 0.692. The van der Waals surface area contributed by atoms with E-state index in [1.807, 2.05) is 27.0 Å². The minimum Gasteiger partial charge on any atom is -0.478 e. The van der Waals surface area contributed by atoms with Crippen molar-refractivity contribution in [1.82, 2.24) is 9.97 Å². The normalized spacial score (nSPS) is 16.4. The second kappa shape index (κ2) is 5.52. The van der Waals surface area contributed by atoms with Crippen molar-refractivity contribution in [3.63, 3.8) is 0 Å². The quantitative estimate of drug-likeness (QED) is 0.826. The van der Waals surface area contributed by atoms with Gasteiger partial charge in [-0.3, -0.25) is 0 Å². The molecular weight excluding hydrogens is 228 g/mol. The van der Waals surface area contributed by atoms with E-state index in [0.29, 0.717) is 36.9 Å². The van der Waals surface area contributed by atoms with Gasteiger partial charge in [-0.15, -0.1) is 0 Å². The molecule has 2 rings (SSSR count). The van der Waals surface area contributed by atoms with Crippen LogP contribution in [0.2, 0.25) is 0 Å². The van der Waals surface area contributed by atoms with E-state index in [0.717, 1.165) is 5.69 Å². The Morgan fingerprint density at radius 2 is 2.22 bits per heavy atom. The number of aromatic nitrogens is 2. The highest BCUT2D eigenvalue weighted by molar-refractivity contribution is 5.35. The number of aryl methyl sites for hydroxylation is 1. The highest BCUT2D eigenvalue weighted by Gasteiger charge is 2.34. The van der Waals surface area contributed by atoms with Crippen LogP contribution in [0.25, 0.3) is 0 Å². The van der Waals surface area contributed by atoms with E-state index in [2.05, 4.69) is 14.9 Å². The lowest BCUT2D eigenvalue weighted by atomic mass is 10.1. The summed E-state index contributed by atoms with van der Waals surface area (Å²) in [7, 11) is 2.01. The van der Waals surface area contributed by atoms with Gasteiger partial charge in [0, 0.05) is 31.4 Å². The molecule has 1 fully saturated rings. The summed E-state index contributed by atoms with van der Waals surface area (Å²) in [6.07, 6.45) is 2.52. The molecular formula is C13H22N4O. The van der Waals surface area contributed by atoms with Crippen LogP contribution in [-0.4, -0.2) is 36.2 Å². The predicted molar refractivity (Wildman–Crippen MR) is 71.9 cm³/mol. The molecule has 1 unspecified atom stereocenters. The Bertz CT molecular complexity index is 406. The molecule has 0 spiro atoms. The molecule has 1 aliphatic rings. The predicted octanol–water partition coefficient (Wildman–Crippen LogP) is 1.36. The standard InChI is InChI=1S/C13H22N4O/c1-4-18-12-7-9(2)15-13(16-12)17(3)11(8-14)10-5-6-10/h7,10-11H,4-6,8,14H2,1-3H3. The summed E-state index contributed by atoms with van der Waals surface area (Å²) in [5.74, 6) is 2.04. The molecule has 0 bridgehead atoms. The van der Waals surface area contributed by atoms with Crippen molar-refractivity contribution >= 4 is 5.95 Å². The zero-order valence-electron chi connectivity index (χ0n) is 11.4. The number of rotatable bonds is 6. The van der Waals surface area contributed by atoms with Crippen LogP contribution in [0.5, 0.6) is 5.88 Å². The third-order valence-corrected chi connectivity index (χ3v) is 3.33. The summed E-state index contributed by atoms with van der Waals surface area (Å²) in [4.78, 5) is 11.0. The van der Waals surface area contributed by atoms with E-state index in [1.54, 1.807) is 0 Å². The second-order valence-electron chi connectivity index (χ2n) is 4.83. The fourth-order valence-electron chi connectivity index (χ4n) is 2.20. The first-order chi connectivity index (χ1) is 8.65. The van der Waals surface area contributed by atoms with E-state index in [9.17, 15) is 0 Å². The molecule has 2 N–H and O–H groups in total.